The minimum Gasteiger partial charge on any atom is -0.508 e. The molecule has 3 aromatic carbocycles. The van der Waals surface area contributed by atoms with E-state index >= 15 is 0 Å². The van der Waals surface area contributed by atoms with Gasteiger partial charge in [0.2, 0.25) is 11.8 Å². The Morgan fingerprint density at radius 1 is 0.861 bits per heavy atom. The molecule has 2 aliphatic rings. The van der Waals surface area contributed by atoms with Crippen molar-refractivity contribution < 1.29 is 19.4 Å². The smallest absolute Gasteiger partial charge is 0.244 e. The number of phenolic OH excluding ortho intramolecular Hbond substituents is 1. The van der Waals surface area contributed by atoms with Crippen LogP contribution in [0.2, 0.25) is 0 Å². The Kier molecular flexibility index (Phi) is 7.09. The van der Waals surface area contributed by atoms with Crippen molar-refractivity contribution in [2.24, 2.45) is 16.9 Å². The fourth-order valence-electron chi connectivity index (χ4n) is 5.41. The number of hydrogen-bond donors (Lipinski definition) is 2. The zero-order valence-corrected chi connectivity index (χ0v) is 19.9. The molecule has 1 aliphatic carbocycles. The molecule has 3 aromatic rings. The molecule has 1 aliphatic heterocycles. The van der Waals surface area contributed by atoms with Gasteiger partial charge in [-0.2, -0.15) is 5.10 Å². The Labute approximate surface area is 210 Å². The van der Waals surface area contributed by atoms with Gasteiger partial charge in [0, 0.05) is 24.9 Å². The van der Waals surface area contributed by atoms with Gasteiger partial charge in [0.15, 0.2) is 0 Å². The number of nitrogens with zero attached hydrogens (tertiary/aromatic N) is 2. The number of amides is 2. The molecule has 1 saturated heterocycles. The normalized spacial score (nSPS) is 23.7. The van der Waals surface area contributed by atoms with E-state index in [1.165, 1.54) is 6.21 Å². The number of benzene rings is 3. The summed E-state index contributed by atoms with van der Waals surface area (Å²) in [6.45, 7) is 2.17. The first-order chi connectivity index (χ1) is 17.6. The number of nitrogens with one attached hydrogen (secondary N) is 1. The third kappa shape index (κ3) is 4.88. The van der Waals surface area contributed by atoms with Gasteiger partial charge in [-0.3, -0.25) is 9.59 Å². The van der Waals surface area contributed by atoms with Crippen LogP contribution < -0.4 is 5.43 Å². The van der Waals surface area contributed by atoms with Crippen molar-refractivity contribution in [2.75, 3.05) is 26.3 Å². The van der Waals surface area contributed by atoms with Gasteiger partial charge in [-0.1, -0.05) is 72.8 Å². The van der Waals surface area contributed by atoms with Crippen molar-refractivity contribution in [3.63, 3.8) is 0 Å². The Balaban J connectivity index is 1.46. The molecule has 1 heterocycles. The average molecular weight is 484 g/mol. The summed E-state index contributed by atoms with van der Waals surface area (Å²) in [7, 11) is 0. The number of rotatable bonds is 6. The number of aromatic hydroxyl groups is 1. The molecule has 2 fully saturated rings. The van der Waals surface area contributed by atoms with Crippen LogP contribution in [0, 0.1) is 11.8 Å². The summed E-state index contributed by atoms with van der Waals surface area (Å²) >= 11 is 0. The van der Waals surface area contributed by atoms with E-state index in [0.717, 1.165) is 11.1 Å². The highest BCUT2D eigenvalue weighted by Crippen LogP contribution is 2.58. The van der Waals surface area contributed by atoms with Crippen LogP contribution in [-0.2, 0) is 14.3 Å². The van der Waals surface area contributed by atoms with Crippen LogP contribution in [0.3, 0.4) is 0 Å². The number of morpholine rings is 1. The first-order valence-corrected chi connectivity index (χ1v) is 12.2. The van der Waals surface area contributed by atoms with Crippen molar-refractivity contribution in [3.8, 4) is 5.75 Å². The molecule has 7 nitrogen and oxygen atoms in total. The largest absolute Gasteiger partial charge is 0.508 e. The molecule has 0 bridgehead atoms. The zero-order chi connectivity index (χ0) is 24.9. The maximum absolute atomic E-state index is 13.8. The van der Waals surface area contributed by atoms with E-state index in [1.807, 2.05) is 65.6 Å². The van der Waals surface area contributed by atoms with Crippen LogP contribution in [-0.4, -0.2) is 54.3 Å². The lowest BCUT2D eigenvalue weighted by Crippen LogP contribution is -2.57. The van der Waals surface area contributed by atoms with Crippen molar-refractivity contribution in [2.45, 2.75) is 11.8 Å². The van der Waals surface area contributed by atoms with Gasteiger partial charge in [-0.25, -0.2) is 5.43 Å². The number of phenols is 1. The molecule has 184 valence electrons. The highest BCUT2D eigenvalue weighted by Gasteiger charge is 2.58. The van der Waals surface area contributed by atoms with E-state index in [2.05, 4.69) is 10.5 Å². The number of carbonyl (C=O) groups excluding carboxylic acids is 2. The molecule has 0 spiro atoms. The van der Waals surface area contributed by atoms with E-state index in [9.17, 15) is 14.7 Å². The molecular formula is C29H29N3O4. The molecule has 0 aromatic heterocycles. The standard InChI is InChI=1S/C29H29N3O4/c33-23-13-7-8-20(18-23)19-30-31-28(34)26-24(21-9-3-1-4-10-21)27(25(26)22-11-5-2-6-12-22)29(35)32-14-16-36-17-15-32/h1-13,18-19,24-27,33H,14-17H2,(H,31,34)/b30-19-/t24-,25-,26?,27?/m1/s1. The van der Waals surface area contributed by atoms with E-state index < -0.39 is 5.92 Å². The molecule has 2 amide bonds. The number of hydrazone groups is 1. The van der Waals surface area contributed by atoms with Gasteiger partial charge in [0.1, 0.15) is 5.75 Å². The maximum Gasteiger partial charge on any atom is 0.244 e. The molecular weight excluding hydrogens is 454 g/mol. The van der Waals surface area contributed by atoms with E-state index in [4.69, 9.17) is 4.74 Å². The quantitative estimate of drug-likeness (QED) is 0.415. The molecule has 5 rings (SSSR count). The van der Waals surface area contributed by atoms with E-state index in [0.29, 0.717) is 31.9 Å². The summed E-state index contributed by atoms with van der Waals surface area (Å²) in [5.74, 6) is -1.43. The topological polar surface area (TPSA) is 91.2 Å². The number of carbonyl (C=O) groups is 2. The first-order valence-electron chi connectivity index (χ1n) is 12.2. The van der Waals surface area contributed by atoms with Crippen LogP contribution in [0.25, 0.3) is 0 Å². The second-order valence-electron chi connectivity index (χ2n) is 9.19. The van der Waals surface area contributed by atoms with Gasteiger partial charge in [-0.05, 0) is 28.8 Å². The van der Waals surface area contributed by atoms with E-state index in [-0.39, 0.29) is 35.3 Å². The Hall–Kier alpha value is -3.97. The minimum atomic E-state index is -0.467. The van der Waals surface area contributed by atoms with Crippen molar-refractivity contribution in [1.82, 2.24) is 10.3 Å². The van der Waals surface area contributed by atoms with Gasteiger partial charge < -0.3 is 14.7 Å². The van der Waals surface area contributed by atoms with Gasteiger partial charge in [0.05, 0.1) is 31.3 Å². The van der Waals surface area contributed by atoms with Crippen LogP contribution in [0.4, 0.5) is 0 Å². The maximum atomic E-state index is 13.8. The summed E-state index contributed by atoms with van der Waals surface area (Å²) < 4.78 is 5.46. The number of hydrogen-bond acceptors (Lipinski definition) is 5. The predicted molar refractivity (Wildman–Crippen MR) is 137 cm³/mol. The average Bonchev–Trinajstić information content (AvgIpc) is 2.90. The van der Waals surface area contributed by atoms with Gasteiger partial charge >= 0.3 is 0 Å². The van der Waals surface area contributed by atoms with E-state index in [1.54, 1.807) is 24.3 Å². The lowest BCUT2D eigenvalue weighted by Gasteiger charge is -2.52. The van der Waals surface area contributed by atoms with Gasteiger partial charge in [0.25, 0.3) is 0 Å². The second-order valence-corrected chi connectivity index (χ2v) is 9.19. The highest BCUT2D eigenvalue weighted by atomic mass is 16.5. The molecule has 7 heteroatoms. The zero-order valence-electron chi connectivity index (χ0n) is 19.9. The van der Waals surface area contributed by atoms with Crippen molar-refractivity contribution >= 4 is 18.0 Å². The van der Waals surface area contributed by atoms with Crippen LogP contribution >= 0.6 is 0 Å². The van der Waals surface area contributed by atoms with Crippen LogP contribution in [0.15, 0.2) is 90.0 Å². The van der Waals surface area contributed by atoms with Crippen LogP contribution in [0.1, 0.15) is 28.5 Å². The van der Waals surface area contributed by atoms with Crippen molar-refractivity contribution in [3.05, 3.63) is 102 Å². The summed E-state index contributed by atoms with van der Waals surface area (Å²) in [5, 5.41) is 13.8. The van der Waals surface area contributed by atoms with Crippen LogP contribution in [0.5, 0.6) is 5.75 Å². The van der Waals surface area contributed by atoms with Crippen molar-refractivity contribution in [1.29, 1.82) is 0 Å². The summed E-state index contributed by atoms with van der Waals surface area (Å²) in [6.07, 6.45) is 1.50. The molecule has 36 heavy (non-hydrogen) atoms. The Morgan fingerprint density at radius 2 is 1.47 bits per heavy atom. The molecule has 0 radical (unpaired) electrons. The minimum absolute atomic E-state index is 0.0633. The highest BCUT2D eigenvalue weighted by molar-refractivity contribution is 5.91. The second kappa shape index (κ2) is 10.7. The summed E-state index contributed by atoms with van der Waals surface area (Å²) in [5.41, 5.74) is 5.30. The summed E-state index contributed by atoms with van der Waals surface area (Å²) in [6, 6.07) is 26.2. The Bertz CT molecular complexity index is 1180. The Morgan fingerprint density at radius 3 is 2.06 bits per heavy atom. The lowest BCUT2D eigenvalue weighted by molar-refractivity contribution is -0.151. The molecule has 2 atom stereocenters. The predicted octanol–water partition coefficient (Wildman–Crippen LogP) is 3.51. The summed E-state index contributed by atoms with van der Waals surface area (Å²) in [4.78, 5) is 29.3. The monoisotopic (exact) mass is 483 g/mol. The molecule has 0 unspecified atom stereocenters. The molecule has 2 N–H and O–H groups in total. The third-order valence-electron chi connectivity index (χ3n) is 7.09. The first kappa shape index (κ1) is 23.8. The lowest BCUT2D eigenvalue weighted by atomic mass is 9.51. The third-order valence-corrected chi connectivity index (χ3v) is 7.09. The number of ether oxygens (including phenoxy) is 1. The fourth-order valence-corrected chi connectivity index (χ4v) is 5.41. The van der Waals surface area contributed by atoms with Gasteiger partial charge in [-0.15, -0.1) is 0 Å². The molecule has 1 saturated carbocycles. The fraction of sp³-hybridized carbons (Fsp3) is 0.276. The SMILES string of the molecule is O=C(N/N=C\c1cccc(O)c1)C1[C@@H](c2ccccc2)C(C(=O)N2CCOCC2)[C@@H]1c1ccccc1.